The normalized spacial score (nSPS) is 11.0. The monoisotopic (exact) mass is 344 g/mol. The fraction of sp³-hybridized carbons (Fsp3) is 0.333. The molecule has 0 amide bonds. The van der Waals surface area contributed by atoms with E-state index in [4.69, 9.17) is 9.47 Å². The van der Waals surface area contributed by atoms with Crippen molar-refractivity contribution in [3.8, 4) is 17.1 Å². The molecule has 0 atom stereocenters. The number of aromatic nitrogens is 1. The highest BCUT2D eigenvalue weighted by molar-refractivity contribution is 5.97. The topological polar surface area (TPSA) is 91.6 Å². The standard InChI is InChI=1S/C18H20N2O5/c1-5-24-16-14(20(22)23)11-13(17(21)25-18(2,3)4)15(19-16)12-9-7-6-8-10-12/h6-11H,5H2,1-4H3. The fourth-order valence-corrected chi connectivity index (χ4v) is 2.16. The lowest BCUT2D eigenvalue weighted by Crippen LogP contribution is -2.24. The predicted molar refractivity (Wildman–Crippen MR) is 92.7 cm³/mol. The Bertz CT molecular complexity index is 782. The van der Waals surface area contributed by atoms with Gasteiger partial charge in [0.05, 0.1) is 22.8 Å². The zero-order valence-corrected chi connectivity index (χ0v) is 14.6. The molecule has 2 aromatic rings. The van der Waals surface area contributed by atoms with Crippen LogP contribution in [-0.4, -0.2) is 28.1 Å². The number of pyridine rings is 1. The van der Waals surface area contributed by atoms with E-state index in [1.165, 1.54) is 0 Å². The van der Waals surface area contributed by atoms with Crippen LogP contribution in [0.5, 0.6) is 5.88 Å². The van der Waals surface area contributed by atoms with Crippen molar-refractivity contribution in [3.63, 3.8) is 0 Å². The third-order valence-corrected chi connectivity index (χ3v) is 3.11. The van der Waals surface area contributed by atoms with Crippen LogP contribution < -0.4 is 4.74 Å². The number of nitro groups is 1. The Hall–Kier alpha value is -2.96. The first kappa shape index (κ1) is 18.4. The van der Waals surface area contributed by atoms with Crippen molar-refractivity contribution in [2.45, 2.75) is 33.3 Å². The number of benzene rings is 1. The number of esters is 1. The molecule has 1 aromatic carbocycles. The SMILES string of the molecule is CCOc1nc(-c2ccccc2)c(C(=O)OC(C)(C)C)cc1[N+](=O)[O-]. The van der Waals surface area contributed by atoms with Gasteiger partial charge in [-0.2, -0.15) is 0 Å². The van der Waals surface area contributed by atoms with Gasteiger partial charge in [-0.1, -0.05) is 30.3 Å². The minimum absolute atomic E-state index is 0.0243. The number of rotatable bonds is 5. The van der Waals surface area contributed by atoms with E-state index in [1.807, 2.05) is 6.07 Å². The largest absolute Gasteiger partial charge is 0.473 e. The van der Waals surface area contributed by atoms with Crippen molar-refractivity contribution in [3.05, 3.63) is 52.1 Å². The average Bonchev–Trinajstić information content (AvgIpc) is 2.53. The maximum atomic E-state index is 12.6. The summed E-state index contributed by atoms with van der Waals surface area (Å²) in [6, 6.07) is 10.1. The Kier molecular flexibility index (Phi) is 5.36. The highest BCUT2D eigenvalue weighted by Gasteiger charge is 2.28. The Morgan fingerprint density at radius 1 is 1.24 bits per heavy atom. The Morgan fingerprint density at radius 3 is 2.40 bits per heavy atom. The van der Waals surface area contributed by atoms with Gasteiger partial charge in [0, 0.05) is 11.6 Å². The van der Waals surface area contributed by atoms with Gasteiger partial charge in [-0.25, -0.2) is 9.78 Å². The minimum Gasteiger partial charge on any atom is -0.473 e. The van der Waals surface area contributed by atoms with Gasteiger partial charge in [0.2, 0.25) is 0 Å². The van der Waals surface area contributed by atoms with Gasteiger partial charge < -0.3 is 9.47 Å². The van der Waals surface area contributed by atoms with Crippen LogP contribution in [0.3, 0.4) is 0 Å². The van der Waals surface area contributed by atoms with Crippen molar-refractivity contribution < 1.29 is 19.2 Å². The third kappa shape index (κ3) is 4.53. The number of ether oxygens (including phenoxy) is 2. The van der Waals surface area contributed by atoms with Crippen LogP contribution in [0.25, 0.3) is 11.3 Å². The highest BCUT2D eigenvalue weighted by atomic mass is 16.6. The molecule has 132 valence electrons. The Labute approximate surface area is 145 Å². The summed E-state index contributed by atoms with van der Waals surface area (Å²) in [5.74, 6) is -0.802. The van der Waals surface area contributed by atoms with E-state index in [1.54, 1.807) is 52.0 Å². The molecule has 0 N–H and O–H groups in total. The van der Waals surface area contributed by atoms with Crippen molar-refractivity contribution in [2.24, 2.45) is 0 Å². The van der Waals surface area contributed by atoms with Crippen molar-refractivity contribution >= 4 is 11.7 Å². The van der Waals surface area contributed by atoms with Gasteiger partial charge in [-0.05, 0) is 27.7 Å². The first-order chi connectivity index (χ1) is 11.7. The quantitative estimate of drug-likeness (QED) is 0.462. The van der Waals surface area contributed by atoms with Gasteiger partial charge in [-0.15, -0.1) is 0 Å². The predicted octanol–water partition coefficient (Wildman–Crippen LogP) is 4.01. The molecular formula is C18H20N2O5. The van der Waals surface area contributed by atoms with Gasteiger partial charge >= 0.3 is 11.7 Å². The van der Waals surface area contributed by atoms with Crippen molar-refractivity contribution in [1.29, 1.82) is 0 Å². The van der Waals surface area contributed by atoms with E-state index in [9.17, 15) is 14.9 Å². The van der Waals surface area contributed by atoms with E-state index >= 15 is 0 Å². The second-order valence-electron chi connectivity index (χ2n) is 6.27. The summed E-state index contributed by atoms with van der Waals surface area (Å²) in [5, 5.41) is 11.3. The molecule has 0 aliphatic carbocycles. The number of carbonyl (C=O) groups excluding carboxylic acids is 1. The van der Waals surface area contributed by atoms with Crippen LogP contribution in [0.4, 0.5) is 5.69 Å². The third-order valence-electron chi connectivity index (χ3n) is 3.11. The maximum Gasteiger partial charge on any atom is 0.341 e. The number of hydrogen-bond acceptors (Lipinski definition) is 6. The molecule has 25 heavy (non-hydrogen) atoms. The summed E-state index contributed by atoms with van der Waals surface area (Å²) in [6.07, 6.45) is 0. The van der Waals surface area contributed by atoms with E-state index in [2.05, 4.69) is 4.98 Å². The zero-order valence-electron chi connectivity index (χ0n) is 14.6. The lowest BCUT2D eigenvalue weighted by Gasteiger charge is -2.20. The molecule has 1 aromatic heterocycles. The Morgan fingerprint density at radius 2 is 1.88 bits per heavy atom. The van der Waals surface area contributed by atoms with E-state index in [-0.39, 0.29) is 29.4 Å². The van der Waals surface area contributed by atoms with E-state index < -0.39 is 16.5 Å². The smallest absolute Gasteiger partial charge is 0.341 e. The molecule has 0 unspecified atom stereocenters. The molecule has 1 heterocycles. The first-order valence-corrected chi connectivity index (χ1v) is 7.84. The zero-order chi connectivity index (χ0) is 18.6. The van der Waals surface area contributed by atoms with Crippen LogP contribution in [0.2, 0.25) is 0 Å². The summed E-state index contributed by atoms with van der Waals surface area (Å²) in [4.78, 5) is 27.5. The van der Waals surface area contributed by atoms with Crippen LogP contribution in [-0.2, 0) is 4.74 Å². The summed E-state index contributed by atoms with van der Waals surface area (Å²) in [6.45, 7) is 7.10. The number of carbonyl (C=O) groups is 1. The molecule has 0 radical (unpaired) electrons. The molecule has 0 fully saturated rings. The maximum absolute atomic E-state index is 12.6. The van der Waals surface area contributed by atoms with E-state index in [0.717, 1.165) is 6.07 Å². The molecule has 0 aliphatic heterocycles. The minimum atomic E-state index is -0.738. The summed E-state index contributed by atoms with van der Waals surface area (Å²) in [5.41, 5.74) is -0.167. The van der Waals surface area contributed by atoms with Crippen LogP contribution in [0.15, 0.2) is 36.4 Å². The summed E-state index contributed by atoms with van der Waals surface area (Å²) >= 11 is 0. The Balaban J connectivity index is 2.67. The van der Waals surface area contributed by atoms with Crippen molar-refractivity contribution in [1.82, 2.24) is 4.98 Å². The van der Waals surface area contributed by atoms with Gasteiger partial charge in [0.25, 0.3) is 5.88 Å². The van der Waals surface area contributed by atoms with Crippen molar-refractivity contribution in [2.75, 3.05) is 6.61 Å². The van der Waals surface area contributed by atoms with Crippen LogP contribution in [0.1, 0.15) is 38.1 Å². The molecule has 0 saturated carbocycles. The van der Waals surface area contributed by atoms with Crippen LogP contribution >= 0.6 is 0 Å². The lowest BCUT2D eigenvalue weighted by molar-refractivity contribution is -0.386. The number of hydrogen-bond donors (Lipinski definition) is 0. The molecule has 0 saturated heterocycles. The van der Waals surface area contributed by atoms with E-state index in [0.29, 0.717) is 5.56 Å². The second-order valence-corrected chi connectivity index (χ2v) is 6.27. The molecule has 0 bridgehead atoms. The summed E-state index contributed by atoms with van der Waals surface area (Å²) < 4.78 is 10.7. The summed E-state index contributed by atoms with van der Waals surface area (Å²) in [7, 11) is 0. The molecule has 7 heteroatoms. The molecule has 0 aliphatic rings. The average molecular weight is 344 g/mol. The molecular weight excluding hydrogens is 324 g/mol. The molecule has 2 rings (SSSR count). The van der Waals surface area contributed by atoms with Crippen LogP contribution in [0, 0.1) is 10.1 Å². The van der Waals surface area contributed by atoms with Gasteiger partial charge in [0.15, 0.2) is 0 Å². The lowest BCUT2D eigenvalue weighted by atomic mass is 10.0. The number of nitrogens with zero attached hydrogens (tertiary/aromatic N) is 2. The van der Waals surface area contributed by atoms with Gasteiger partial charge in [0.1, 0.15) is 5.60 Å². The van der Waals surface area contributed by atoms with Gasteiger partial charge in [-0.3, -0.25) is 10.1 Å². The molecule has 0 spiro atoms. The first-order valence-electron chi connectivity index (χ1n) is 7.84. The highest BCUT2D eigenvalue weighted by Crippen LogP contribution is 2.33. The molecule has 7 nitrogen and oxygen atoms in total. The second kappa shape index (κ2) is 7.29. The fourth-order valence-electron chi connectivity index (χ4n) is 2.16.